The van der Waals surface area contributed by atoms with Crippen molar-refractivity contribution in [2.75, 3.05) is 5.73 Å². The standard InChI is InChI=1S/C10H13F3N2O/c11-10(12,13)7-3-1-2-6(4-7)8-5-9(14)15-16-8/h5-7H,1-4H2,(H2,14,15). The molecule has 2 unspecified atom stereocenters. The van der Waals surface area contributed by atoms with Crippen LogP contribution in [0.4, 0.5) is 19.0 Å². The molecule has 0 amide bonds. The molecule has 90 valence electrons. The van der Waals surface area contributed by atoms with Crippen LogP contribution in [0.5, 0.6) is 0 Å². The molecule has 1 saturated carbocycles. The van der Waals surface area contributed by atoms with Crippen molar-refractivity contribution >= 4 is 5.82 Å². The Hall–Kier alpha value is -1.20. The monoisotopic (exact) mass is 234 g/mol. The maximum Gasteiger partial charge on any atom is 0.391 e. The number of nitrogen functional groups attached to an aromatic ring is 1. The normalized spacial score (nSPS) is 26.9. The predicted molar refractivity (Wildman–Crippen MR) is 51.7 cm³/mol. The fourth-order valence-corrected chi connectivity index (χ4v) is 2.24. The molecule has 3 nitrogen and oxygen atoms in total. The van der Waals surface area contributed by atoms with Gasteiger partial charge in [0.2, 0.25) is 0 Å². The molecule has 1 heterocycles. The van der Waals surface area contributed by atoms with Gasteiger partial charge in [-0.05, 0) is 19.3 Å². The minimum absolute atomic E-state index is 0.0815. The predicted octanol–water partition coefficient (Wildman–Crippen LogP) is 3.09. The van der Waals surface area contributed by atoms with Crippen LogP contribution in [-0.4, -0.2) is 11.3 Å². The summed E-state index contributed by atoms with van der Waals surface area (Å²) in [5.41, 5.74) is 5.38. The average Bonchev–Trinajstić information content (AvgIpc) is 2.64. The van der Waals surface area contributed by atoms with Crippen LogP contribution in [-0.2, 0) is 0 Å². The lowest BCUT2D eigenvalue weighted by molar-refractivity contribution is -0.183. The number of hydrogen-bond acceptors (Lipinski definition) is 3. The molecule has 1 aromatic heterocycles. The number of halogens is 3. The van der Waals surface area contributed by atoms with E-state index in [-0.39, 0.29) is 24.6 Å². The molecule has 0 bridgehead atoms. The minimum atomic E-state index is -4.11. The summed E-state index contributed by atoms with van der Waals surface area (Å²) in [5, 5.41) is 3.50. The molecule has 0 spiro atoms. The average molecular weight is 234 g/mol. The second-order valence-corrected chi connectivity index (χ2v) is 4.26. The first kappa shape index (κ1) is 11.3. The van der Waals surface area contributed by atoms with Crippen LogP contribution < -0.4 is 5.73 Å². The fraction of sp³-hybridized carbons (Fsp3) is 0.700. The Morgan fingerprint density at radius 1 is 1.38 bits per heavy atom. The van der Waals surface area contributed by atoms with Crippen LogP contribution in [0.25, 0.3) is 0 Å². The van der Waals surface area contributed by atoms with Gasteiger partial charge in [0, 0.05) is 12.0 Å². The third kappa shape index (κ3) is 2.31. The van der Waals surface area contributed by atoms with Crippen molar-refractivity contribution in [3.05, 3.63) is 11.8 Å². The highest BCUT2D eigenvalue weighted by atomic mass is 19.4. The van der Waals surface area contributed by atoms with E-state index in [9.17, 15) is 13.2 Å². The second kappa shape index (κ2) is 3.99. The number of aromatic nitrogens is 1. The molecule has 16 heavy (non-hydrogen) atoms. The summed E-state index contributed by atoms with van der Waals surface area (Å²) < 4.78 is 42.6. The van der Waals surface area contributed by atoms with E-state index in [0.29, 0.717) is 18.6 Å². The molecule has 1 aliphatic rings. The SMILES string of the molecule is Nc1cc(C2CCCC(C(F)(F)F)C2)on1. The summed E-state index contributed by atoms with van der Waals surface area (Å²) in [4.78, 5) is 0. The molecule has 1 aliphatic carbocycles. The molecule has 2 N–H and O–H groups in total. The number of anilines is 1. The summed E-state index contributed by atoms with van der Waals surface area (Å²) in [7, 11) is 0. The van der Waals surface area contributed by atoms with Gasteiger partial charge in [0.25, 0.3) is 0 Å². The van der Waals surface area contributed by atoms with Crippen molar-refractivity contribution in [1.29, 1.82) is 0 Å². The molecular weight excluding hydrogens is 221 g/mol. The van der Waals surface area contributed by atoms with E-state index in [1.165, 1.54) is 6.07 Å². The third-order valence-electron chi connectivity index (χ3n) is 3.09. The summed E-state index contributed by atoms with van der Waals surface area (Å²) in [6, 6.07) is 1.52. The maximum atomic E-state index is 12.6. The zero-order valence-corrected chi connectivity index (χ0v) is 8.63. The Labute approximate surface area is 90.8 Å². The molecule has 0 aromatic carbocycles. The van der Waals surface area contributed by atoms with Gasteiger partial charge in [-0.15, -0.1) is 0 Å². The molecule has 1 aromatic rings. The Morgan fingerprint density at radius 3 is 2.69 bits per heavy atom. The van der Waals surface area contributed by atoms with E-state index < -0.39 is 12.1 Å². The van der Waals surface area contributed by atoms with E-state index in [1.54, 1.807) is 0 Å². The lowest BCUT2D eigenvalue weighted by Crippen LogP contribution is -2.27. The Morgan fingerprint density at radius 2 is 2.12 bits per heavy atom. The smallest absolute Gasteiger partial charge is 0.381 e. The largest absolute Gasteiger partial charge is 0.391 e. The first-order valence-corrected chi connectivity index (χ1v) is 5.25. The second-order valence-electron chi connectivity index (χ2n) is 4.26. The van der Waals surface area contributed by atoms with Gasteiger partial charge in [0.05, 0.1) is 5.92 Å². The number of alkyl halides is 3. The van der Waals surface area contributed by atoms with Gasteiger partial charge in [0.15, 0.2) is 5.82 Å². The summed E-state index contributed by atoms with van der Waals surface area (Å²) in [6.07, 6.45) is -2.54. The van der Waals surface area contributed by atoms with Crippen molar-refractivity contribution < 1.29 is 17.7 Å². The van der Waals surface area contributed by atoms with Gasteiger partial charge in [-0.1, -0.05) is 11.6 Å². The van der Waals surface area contributed by atoms with Gasteiger partial charge >= 0.3 is 6.18 Å². The number of hydrogen-bond donors (Lipinski definition) is 1. The van der Waals surface area contributed by atoms with Gasteiger partial charge < -0.3 is 10.3 Å². The highest BCUT2D eigenvalue weighted by molar-refractivity contribution is 5.28. The molecule has 2 atom stereocenters. The topological polar surface area (TPSA) is 52.0 Å². The van der Waals surface area contributed by atoms with E-state index in [1.807, 2.05) is 0 Å². The first-order chi connectivity index (χ1) is 7.47. The van der Waals surface area contributed by atoms with Crippen molar-refractivity contribution in [3.8, 4) is 0 Å². The zero-order chi connectivity index (χ0) is 11.8. The van der Waals surface area contributed by atoms with Gasteiger partial charge in [0.1, 0.15) is 5.76 Å². The fourth-order valence-electron chi connectivity index (χ4n) is 2.24. The summed E-state index contributed by atoms with van der Waals surface area (Å²) in [5.74, 6) is -0.724. The van der Waals surface area contributed by atoms with Crippen LogP contribution in [0.3, 0.4) is 0 Å². The molecule has 2 rings (SSSR count). The lowest BCUT2D eigenvalue weighted by Gasteiger charge is -2.28. The Kier molecular flexibility index (Phi) is 2.82. The van der Waals surface area contributed by atoms with Crippen molar-refractivity contribution in [1.82, 2.24) is 5.16 Å². The van der Waals surface area contributed by atoms with Gasteiger partial charge in [-0.3, -0.25) is 0 Å². The Balaban J connectivity index is 2.07. The Bertz CT molecular complexity index is 361. The molecule has 0 saturated heterocycles. The van der Waals surface area contributed by atoms with E-state index in [2.05, 4.69) is 5.16 Å². The van der Waals surface area contributed by atoms with Gasteiger partial charge in [-0.25, -0.2) is 0 Å². The zero-order valence-electron chi connectivity index (χ0n) is 8.63. The van der Waals surface area contributed by atoms with Crippen molar-refractivity contribution in [2.45, 2.75) is 37.8 Å². The van der Waals surface area contributed by atoms with Crippen LogP contribution in [0.1, 0.15) is 37.4 Å². The van der Waals surface area contributed by atoms with Crippen molar-refractivity contribution in [2.24, 2.45) is 5.92 Å². The first-order valence-electron chi connectivity index (χ1n) is 5.25. The third-order valence-corrected chi connectivity index (χ3v) is 3.09. The van der Waals surface area contributed by atoms with E-state index in [4.69, 9.17) is 10.3 Å². The van der Waals surface area contributed by atoms with Crippen molar-refractivity contribution in [3.63, 3.8) is 0 Å². The summed E-state index contributed by atoms with van der Waals surface area (Å²) >= 11 is 0. The highest BCUT2D eigenvalue weighted by Crippen LogP contribution is 2.43. The van der Waals surface area contributed by atoms with Crippen LogP contribution in [0.2, 0.25) is 0 Å². The lowest BCUT2D eigenvalue weighted by atomic mass is 9.80. The quantitative estimate of drug-likeness (QED) is 0.812. The molecule has 1 fully saturated rings. The minimum Gasteiger partial charge on any atom is -0.381 e. The number of nitrogens with zero attached hydrogens (tertiary/aromatic N) is 1. The van der Waals surface area contributed by atoms with Crippen LogP contribution in [0.15, 0.2) is 10.6 Å². The molecule has 0 aliphatic heterocycles. The van der Waals surface area contributed by atoms with Crippen LogP contribution >= 0.6 is 0 Å². The molecule has 6 heteroatoms. The van der Waals surface area contributed by atoms with Crippen LogP contribution in [0, 0.1) is 5.92 Å². The number of nitrogens with two attached hydrogens (primary N) is 1. The highest BCUT2D eigenvalue weighted by Gasteiger charge is 2.43. The van der Waals surface area contributed by atoms with E-state index >= 15 is 0 Å². The maximum absolute atomic E-state index is 12.6. The number of rotatable bonds is 1. The van der Waals surface area contributed by atoms with E-state index in [0.717, 1.165) is 0 Å². The molecule has 0 radical (unpaired) electrons. The summed E-state index contributed by atoms with van der Waals surface area (Å²) in [6.45, 7) is 0. The molecular formula is C10H13F3N2O. The van der Waals surface area contributed by atoms with Gasteiger partial charge in [-0.2, -0.15) is 13.2 Å².